The number of hydrogen-bond acceptors (Lipinski definition) is 7. The van der Waals surface area contributed by atoms with Crippen LogP contribution in [0.2, 0.25) is 0 Å². The fraction of sp³-hybridized carbons (Fsp3) is 0.429. The fourth-order valence-corrected chi connectivity index (χ4v) is 4.10. The second kappa shape index (κ2) is 8.37. The topological polar surface area (TPSA) is 112 Å². The van der Waals surface area contributed by atoms with Gasteiger partial charge in [-0.3, -0.25) is 24.6 Å². The zero-order valence-electron chi connectivity index (χ0n) is 17.1. The van der Waals surface area contributed by atoms with Gasteiger partial charge in [0.15, 0.2) is 0 Å². The van der Waals surface area contributed by atoms with E-state index in [1.54, 1.807) is 32.3 Å². The van der Waals surface area contributed by atoms with E-state index >= 15 is 0 Å². The number of H-pyrrole nitrogens is 1. The average molecular weight is 411 g/mol. The van der Waals surface area contributed by atoms with Gasteiger partial charge in [0.05, 0.1) is 36.1 Å². The van der Waals surface area contributed by atoms with Crippen molar-refractivity contribution in [2.45, 2.75) is 19.9 Å². The summed E-state index contributed by atoms with van der Waals surface area (Å²) in [4.78, 5) is 33.9. The second-order valence-electron chi connectivity index (χ2n) is 7.54. The number of Topliss-reactive ketones (excluding diaryl/α,β-unsaturated/α-hetero) is 1. The number of hydrogen-bond donors (Lipinski definition) is 2. The Labute approximate surface area is 174 Å². The third-order valence-electron chi connectivity index (χ3n) is 5.67. The van der Waals surface area contributed by atoms with Gasteiger partial charge in [0.25, 0.3) is 11.7 Å². The number of aryl methyl sites for hydroxylation is 2. The molecule has 2 N–H and O–H groups in total. The van der Waals surface area contributed by atoms with Crippen LogP contribution in [0.1, 0.15) is 28.6 Å². The number of ketones is 1. The van der Waals surface area contributed by atoms with Crippen LogP contribution < -0.4 is 0 Å². The van der Waals surface area contributed by atoms with Crippen LogP contribution in [0.25, 0.3) is 5.76 Å². The van der Waals surface area contributed by atoms with Gasteiger partial charge >= 0.3 is 0 Å². The summed E-state index contributed by atoms with van der Waals surface area (Å²) in [5.74, 6) is -1.51. The molecule has 30 heavy (non-hydrogen) atoms. The molecule has 1 amide bonds. The number of rotatable bonds is 5. The van der Waals surface area contributed by atoms with E-state index in [-0.39, 0.29) is 11.3 Å². The number of carbonyl (C=O) groups excluding carboxylic acids is 2. The number of nitrogens with zero attached hydrogens (tertiary/aromatic N) is 4. The quantitative estimate of drug-likeness (QED) is 0.432. The van der Waals surface area contributed by atoms with Gasteiger partial charge in [-0.2, -0.15) is 5.10 Å². The monoisotopic (exact) mass is 411 g/mol. The van der Waals surface area contributed by atoms with Crippen LogP contribution >= 0.6 is 0 Å². The third-order valence-corrected chi connectivity index (χ3v) is 5.67. The zero-order valence-corrected chi connectivity index (χ0v) is 17.1. The van der Waals surface area contributed by atoms with Crippen molar-refractivity contribution in [1.82, 2.24) is 25.0 Å². The molecule has 0 radical (unpaired) electrons. The second-order valence-corrected chi connectivity index (χ2v) is 7.54. The molecule has 0 aromatic carbocycles. The molecular weight excluding hydrogens is 386 g/mol. The summed E-state index contributed by atoms with van der Waals surface area (Å²) < 4.78 is 5.38. The first kappa shape index (κ1) is 20.2. The summed E-state index contributed by atoms with van der Waals surface area (Å²) in [6.07, 6.45) is 3.26. The highest BCUT2D eigenvalue weighted by molar-refractivity contribution is 6.46. The van der Waals surface area contributed by atoms with E-state index < -0.39 is 17.7 Å². The molecule has 1 atom stereocenters. The molecule has 9 nitrogen and oxygen atoms in total. The van der Waals surface area contributed by atoms with Crippen molar-refractivity contribution in [3.8, 4) is 0 Å². The lowest BCUT2D eigenvalue weighted by atomic mass is 9.95. The molecule has 158 valence electrons. The number of aromatic nitrogens is 3. The van der Waals surface area contributed by atoms with Gasteiger partial charge in [0, 0.05) is 44.3 Å². The smallest absolute Gasteiger partial charge is 0.295 e. The molecule has 0 spiro atoms. The number of aliphatic hydroxyl groups excluding tert-OH is 1. The maximum absolute atomic E-state index is 13.0. The number of amides is 1. The Morgan fingerprint density at radius 2 is 2.03 bits per heavy atom. The molecule has 4 heterocycles. The highest BCUT2D eigenvalue weighted by atomic mass is 16.5. The van der Waals surface area contributed by atoms with E-state index in [1.807, 2.05) is 6.07 Å². The molecule has 0 unspecified atom stereocenters. The number of likely N-dealkylation sites (tertiary alicyclic amines) is 1. The zero-order chi connectivity index (χ0) is 21.3. The minimum Gasteiger partial charge on any atom is -0.507 e. The molecule has 2 fully saturated rings. The van der Waals surface area contributed by atoms with Crippen molar-refractivity contribution in [2.75, 3.05) is 39.4 Å². The van der Waals surface area contributed by atoms with E-state index in [9.17, 15) is 14.7 Å². The normalized spacial score (nSPS) is 22.1. The number of morpholine rings is 1. The Hall–Kier alpha value is -3.04. The number of carbonyl (C=O) groups is 2. The van der Waals surface area contributed by atoms with Crippen LogP contribution in [0, 0.1) is 13.8 Å². The Morgan fingerprint density at radius 3 is 2.67 bits per heavy atom. The molecule has 2 aromatic heterocycles. The van der Waals surface area contributed by atoms with Crippen LogP contribution in [0.15, 0.2) is 30.1 Å². The standard InChI is InChI=1S/C21H25N5O4/c1-13-16(14(2)24-23-13)19(27)17-18(15-4-3-5-22-12-15)26(21(29)20(17)28)7-6-25-8-10-30-11-9-25/h3-5,12,18,27H,6-11H2,1-2H3,(H,23,24)/t18-/m0/s1. The van der Waals surface area contributed by atoms with Crippen LogP contribution in [-0.4, -0.2) is 81.2 Å². The number of aromatic amines is 1. The van der Waals surface area contributed by atoms with E-state index in [0.717, 1.165) is 13.1 Å². The SMILES string of the molecule is Cc1n[nH]c(C)c1C(O)=C1C(=O)C(=O)N(CCN2CCOCC2)[C@H]1c1cccnc1. The highest BCUT2D eigenvalue weighted by Gasteiger charge is 2.46. The molecule has 0 saturated carbocycles. The van der Waals surface area contributed by atoms with E-state index in [2.05, 4.69) is 20.1 Å². The predicted octanol–water partition coefficient (Wildman–Crippen LogP) is 1.18. The molecule has 2 aliphatic heterocycles. The fourth-order valence-electron chi connectivity index (χ4n) is 4.10. The molecule has 9 heteroatoms. The summed E-state index contributed by atoms with van der Waals surface area (Å²) in [5, 5.41) is 18.0. The molecule has 4 rings (SSSR count). The Kier molecular flexibility index (Phi) is 5.65. The Morgan fingerprint density at radius 1 is 1.27 bits per heavy atom. The Bertz CT molecular complexity index is 959. The lowest BCUT2D eigenvalue weighted by molar-refractivity contribution is -0.140. The van der Waals surface area contributed by atoms with Gasteiger partial charge in [0.1, 0.15) is 5.76 Å². The summed E-state index contributed by atoms with van der Waals surface area (Å²) in [5.41, 5.74) is 2.40. The van der Waals surface area contributed by atoms with E-state index in [1.165, 1.54) is 4.90 Å². The average Bonchev–Trinajstić information content (AvgIpc) is 3.23. The highest BCUT2D eigenvalue weighted by Crippen LogP contribution is 2.39. The number of nitrogens with one attached hydrogen (secondary N) is 1. The third kappa shape index (κ3) is 3.61. The molecule has 2 aromatic rings. The van der Waals surface area contributed by atoms with Gasteiger partial charge in [-0.25, -0.2) is 0 Å². The minimum absolute atomic E-state index is 0.0718. The number of ether oxygens (including phenoxy) is 1. The van der Waals surface area contributed by atoms with Crippen LogP contribution in [0.4, 0.5) is 0 Å². The summed E-state index contributed by atoms with van der Waals surface area (Å²) in [6, 6.07) is 2.87. The van der Waals surface area contributed by atoms with Crippen molar-refractivity contribution in [2.24, 2.45) is 0 Å². The molecule has 0 bridgehead atoms. The van der Waals surface area contributed by atoms with Crippen molar-refractivity contribution < 1.29 is 19.4 Å². The first-order valence-electron chi connectivity index (χ1n) is 9.99. The van der Waals surface area contributed by atoms with E-state index in [4.69, 9.17) is 4.74 Å². The minimum atomic E-state index is -0.701. The molecule has 2 saturated heterocycles. The lowest BCUT2D eigenvalue weighted by Crippen LogP contribution is -2.42. The van der Waals surface area contributed by atoms with E-state index in [0.29, 0.717) is 48.8 Å². The summed E-state index contributed by atoms with van der Waals surface area (Å²) in [7, 11) is 0. The summed E-state index contributed by atoms with van der Waals surface area (Å²) in [6.45, 7) is 7.38. The lowest BCUT2D eigenvalue weighted by Gasteiger charge is -2.30. The van der Waals surface area contributed by atoms with Crippen molar-refractivity contribution >= 4 is 17.4 Å². The van der Waals surface area contributed by atoms with Crippen molar-refractivity contribution in [3.05, 3.63) is 52.6 Å². The van der Waals surface area contributed by atoms with Crippen molar-refractivity contribution in [3.63, 3.8) is 0 Å². The van der Waals surface area contributed by atoms with Gasteiger partial charge in [-0.1, -0.05) is 6.07 Å². The van der Waals surface area contributed by atoms with Crippen LogP contribution in [0.3, 0.4) is 0 Å². The number of aliphatic hydroxyl groups is 1. The van der Waals surface area contributed by atoms with Gasteiger partial charge < -0.3 is 14.7 Å². The van der Waals surface area contributed by atoms with Crippen molar-refractivity contribution in [1.29, 1.82) is 0 Å². The predicted molar refractivity (Wildman–Crippen MR) is 109 cm³/mol. The molecule has 2 aliphatic rings. The summed E-state index contributed by atoms with van der Waals surface area (Å²) >= 11 is 0. The number of pyridine rings is 1. The van der Waals surface area contributed by atoms with Gasteiger partial charge in [-0.15, -0.1) is 0 Å². The Balaban J connectivity index is 1.74. The maximum Gasteiger partial charge on any atom is 0.295 e. The molecule has 0 aliphatic carbocycles. The maximum atomic E-state index is 13.0. The first-order chi connectivity index (χ1) is 14.5. The van der Waals surface area contributed by atoms with Gasteiger partial charge in [0.2, 0.25) is 0 Å². The van der Waals surface area contributed by atoms with Crippen LogP contribution in [-0.2, 0) is 14.3 Å². The molecular formula is C21H25N5O4. The van der Waals surface area contributed by atoms with Gasteiger partial charge in [-0.05, 0) is 25.5 Å². The largest absolute Gasteiger partial charge is 0.507 e. The first-order valence-corrected chi connectivity index (χ1v) is 9.99. The van der Waals surface area contributed by atoms with Crippen LogP contribution in [0.5, 0.6) is 0 Å².